The van der Waals surface area contributed by atoms with Crippen LogP contribution in [0, 0.1) is 0 Å². The van der Waals surface area contributed by atoms with E-state index in [4.69, 9.17) is 0 Å². The van der Waals surface area contributed by atoms with E-state index >= 15 is 0 Å². The molecular weight excluding hydrogens is 272 g/mol. The van der Waals surface area contributed by atoms with Gasteiger partial charge in [-0.05, 0) is 39.8 Å². The van der Waals surface area contributed by atoms with Gasteiger partial charge in [-0.1, -0.05) is 5.16 Å². The highest BCUT2D eigenvalue weighted by atomic mass is 16.5. The van der Waals surface area contributed by atoms with Crippen molar-refractivity contribution in [2.45, 2.75) is 39.8 Å². The van der Waals surface area contributed by atoms with E-state index in [0.29, 0.717) is 5.56 Å². The Labute approximate surface area is 122 Å². The lowest BCUT2D eigenvalue weighted by Gasteiger charge is -2.30. The minimum atomic E-state index is -0.801. The predicted molar refractivity (Wildman–Crippen MR) is 76.9 cm³/mol. The SMILES string of the molecule is CC(C)N(C(=O)n1c(-c2cccnc2)noc1=O)C(C)C. The van der Waals surface area contributed by atoms with E-state index in [0.717, 1.165) is 4.57 Å². The highest BCUT2D eigenvalue weighted by molar-refractivity contribution is 5.81. The van der Waals surface area contributed by atoms with Crippen molar-refractivity contribution in [3.63, 3.8) is 0 Å². The molecule has 0 radical (unpaired) electrons. The average molecular weight is 290 g/mol. The molecule has 0 aliphatic carbocycles. The van der Waals surface area contributed by atoms with Crippen LogP contribution in [0.25, 0.3) is 11.4 Å². The fraction of sp³-hybridized carbons (Fsp3) is 0.429. The first-order valence-corrected chi connectivity index (χ1v) is 6.75. The Morgan fingerprint density at radius 3 is 2.48 bits per heavy atom. The molecule has 0 N–H and O–H groups in total. The highest BCUT2D eigenvalue weighted by Gasteiger charge is 2.27. The summed E-state index contributed by atoms with van der Waals surface area (Å²) in [6.45, 7) is 7.56. The molecule has 0 bridgehead atoms. The van der Waals surface area contributed by atoms with E-state index in [1.807, 2.05) is 27.7 Å². The van der Waals surface area contributed by atoms with Crippen LogP contribution in [0.3, 0.4) is 0 Å². The van der Waals surface area contributed by atoms with Crippen molar-refractivity contribution in [1.29, 1.82) is 0 Å². The number of carbonyl (C=O) groups excluding carboxylic acids is 1. The normalized spacial score (nSPS) is 11.1. The molecule has 2 aromatic heterocycles. The number of aromatic nitrogens is 3. The van der Waals surface area contributed by atoms with Gasteiger partial charge in [0, 0.05) is 30.0 Å². The summed E-state index contributed by atoms with van der Waals surface area (Å²) >= 11 is 0. The molecule has 0 atom stereocenters. The third-order valence-electron chi connectivity index (χ3n) is 3.05. The molecule has 112 valence electrons. The van der Waals surface area contributed by atoms with Crippen molar-refractivity contribution in [2.75, 3.05) is 0 Å². The average Bonchev–Trinajstić information content (AvgIpc) is 2.80. The molecule has 2 rings (SSSR count). The highest BCUT2D eigenvalue weighted by Crippen LogP contribution is 2.16. The van der Waals surface area contributed by atoms with Crippen LogP contribution in [0.4, 0.5) is 4.79 Å². The summed E-state index contributed by atoms with van der Waals surface area (Å²) < 4.78 is 5.60. The molecule has 0 fully saturated rings. The fourth-order valence-corrected chi connectivity index (χ4v) is 2.25. The summed E-state index contributed by atoms with van der Waals surface area (Å²) in [6.07, 6.45) is 3.12. The van der Waals surface area contributed by atoms with Crippen molar-refractivity contribution in [1.82, 2.24) is 19.6 Å². The van der Waals surface area contributed by atoms with Crippen LogP contribution in [0.1, 0.15) is 27.7 Å². The summed E-state index contributed by atoms with van der Waals surface area (Å²) in [7, 11) is 0. The lowest BCUT2D eigenvalue weighted by molar-refractivity contribution is 0.165. The number of hydrogen-bond donors (Lipinski definition) is 0. The lowest BCUT2D eigenvalue weighted by atomic mass is 10.2. The second-order valence-corrected chi connectivity index (χ2v) is 5.23. The Morgan fingerprint density at radius 1 is 1.29 bits per heavy atom. The molecule has 7 nitrogen and oxygen atoms in total. The number of pyridine rings is 1. The van der Waals surface area contributed by atoms with Crippen LogP contribution in [-0.4, -0.2) is 37.7 Å². The number of amides is 1. The summed E-state index contributed by atoms with van der Waals surface area (Å²) in [6, 6.07) is 2.85. The van der Waals surface area contributed by atoms with Crippen molar-refractivity contribution in [3.05, 3.63) is 35.1 Å². The van der Waals surface area contributed by atoms with E-state index < -0.39 is 11.8 Å². The maximum Gasteiger partial charge on any atom is 0.450 e. The molecule has 1 amide bonds. The van der Waals surface area contributed by atoms with Crippen LogP contribution in [-0.2, 0) is 0 Å². The maximum absolute atomic E-state index is 12.7. The molecule has 0 spiro atoms. The van der Waals surface area contributed by atoms with E-state index in [2.05, 4.69) is 14.7 Å². The van der Waals surface area contributed by atoms with E-state index in [9.17, 15) is 9.59 Å². The largest absolute Gasteiger partial charge is 0.450 e. The van der Waals surface area contributed by atoms with Crippen LogP contribution in [0.5, 0.6) is 0 Å². The molecule has 0 saturated heterocycles. The van der Waals surface area contributed by atoms with Gasteiger partial charge >= 0.3 is 11.8 Å². The third-order valence-corrected chi connectivity index (χ3v) is 3.05. The van der Waals surface area contributed by atoms with Gasteiger partial charge in [-0.15, -0.1) is 0 Å². The Morgan fingerprint density at radius 2 is 1.95 bits per heavy atom. The molecule has 2 heterocycles. The topological polar surface area (TPSA) is 81.2 Å². The van der Waals surface area contributed by atoms with Gasteiger partial charge < -0.3 is 4.90 Å². The fourth-order valence-electron chi connectivity index (χ4n) is 2.25. The molecular formula is C14H18N4O3. The van der Waals surface area contributed by atoms with Crippen molar-refractivity contribution in [2.24, 2.45) is 0 Å². The van der Waals surface area contributed by atoms with E-state index in [-0.39, 0.29) is 17.9 Å². The van der Waals surface area contributed by atoms with Gasteiger partial charge in [0.05, 0.1) is 0 Å². The zero-order chi connectivity index (χ0) is 15.6. The molecule has 0 unspecified atom stereocenters. The van der Waals surface area contributed by atoms with Gasteiger partial charge in [0.15, 0.2) is 5.82 Å². The van der Waals surface area contributed by atoms with Crippen molar-refractivity contribution in [3.8, 4) is 11.4 Å². The van der Waals surface area contributed by atoms with Crippen LogP contribution >= 0.6 is 0 Å². The van der Waals surface area contributed by atoms with Crippen LogP contribution < -0.4 is 5.76 Å². The van der Waals surface area contributed by atoms with Gasteiger partial charge in [-0.2, -0.15) is 4.57 Å². The minimum Gasteiger partial charge on any atom is -0.319 e. The van der Waals surface area contributed by atoms with Gasteiger partial charge in [0.2, 0.25) is 0 Å². The zero-order valence-corrected chi connectivity index (χ0v) is 12.5. The predicted octanol–water partition coefficient (Wildman–Crippen LogP) is 1.99. The molecule has 2 aromatic rings. The first-order valence-electron chi connectivity index (χ1n) is 6.75. The standard InChI is InChI=1S/C14H18N4O3/c1-9(2)17(10(3)4)13(19)18-12(16-21-14(18)20)11-6-5-7-15-8-11/h5-10H,1-4H3. The second-order valence-electron chi connectivity index (χ2n) is 5.23. The zero-order valence-electron chi connectivity index (χ0n) is 12.5. The molecule has 0 saturated carbocycles. The monoisotopic (exact) mass is 290 g/mol. The summed E-state index contributed by atoms with van der Waals surface area (Å²) in [5.74, 6) is -0.644. The Balaban J connectivity index is 2.52. The van der Waals surface area contributed by atoms with Gasteiger partial charge in [0.1, 0.15) is 0 Å². The maximum atomic E-state index is 12.7. The Bertz CT molecular complexity index is 665. The molecule has 0 aliphatic rings. The first kappa shape index (κ1) is 15.0. The quantitative estimate of drug-likeness (QED) is 0.863. The lowest BCUT2D eigenvalue weighted by Crippen LogP contribution is -2.46. The number of carbonyl (C=O) groups is 1. The second kappa shape index (κ2) is 5.90. The van der Waals surface area contributed by atoms with Crippen molar-refractivity contribution < 1.29 is 9.32 Å². The van der Waals surface area contributed by atoms with Crippen LogP contribution in [0.15, 0.2) is 33.8 Å². The molecule has 0 aliphatic heterocycles. The smallest absolute Gasteiger partial charge is 0.319 e. The van der Waals surface area contributed by atoms with E-state index in [1.165, 1.54) is 6.20 Å². The molecule has 0 aromatic carbocycles. The Kier molecular flexibility index (Phi) is 4.21. The van der Waals surface area contributed by atoms with E-state index in [1.54, 1.807) is 23.2 Å². The Hall–Kier alpha value is -2.44. The minimum absolute atomic E-state index is 0.0546. The van der Waals surface area contributed by atoms with Gasteiger partial charge in [0.25, 0.3) is 0 Å². The van der Waals surface area contributed by atoms with Crippen molar-refractivity contribution >= 4 is 6.03 Å². The summed E-state index contributed by atoms with van der Waals surface area (Å²) in [5, 5.41) is 3.70. The number of nitrogens with zero attached hydrogens (tertiary/aromatic N) is 4. The van der Waals surface area contributed by atoms with Crippen LogP contribution in [0.2, 0.25) is 0 Å². The molecule has 21 heavy (non-hydrogen) atoms. The first-order chi connectivity index (χ1) is 9.93. The van der Waals surface area contributed by atoms with Gasteiger partial charge in [-0.3, -0.25) is 9.51 Å². The third kappa shape index (κ3) is 2.86. The number of hydrogen-bond acceptors (Lipinski definition) is 5. The number of rotatable bonds is 3. The molecule has 7 heteroatoms. The summed E-state index contributed by atoms with van der Waals surface area (Å²) in [4.78, 5) is 30.1. The summed E-state index contributed by atoms with van der Waals surface area (Å²) in [5.41, 5.74) is 0.546. The van der Waals surface area contributed by atoms with Gasteiger partial charge in [-0.25, -0.2) is 9.59 Å².